The van der Waals surface area contributed by atoms with Crippen LogP contribution < -0.4 is 28.4 Å². The Morgan fingerprint density at radius 3 is 0.569 bits per heavy atom. The first-order valence-electron chi connectivity index (χ1n) is 52.7. The predicted molar refractivity (Wildman–Crippen MR) is 546 cm³/mol. The highest BCUT2D eigenvalue weighted by atomic mass is 16.5. The third-order valence-electron chi connectivity index (χ3n) is 24.8. The molecule has 7 aromatic rings. The molecule has 0 unspecified atom stereocenters. The van der Waals surface area contributed by atoms with E-state index in [1.165, 1.54) is 218 Å². The molecule has 0 aliphatic heterocycles. The summed E-state index contributed by atoms with van der Waals surface area (Å²) in [4.78, 5) is 33.7. The molecule has 0 N–H and O–H groups in total. The van der Waals surface area contributed by atoms with Crippen LogP contribution in [0.25, 0.3) is 0 Å². The predicted octanol–water partition coefficient (Wildman–Crippen LogP) is 33.6. The lowest BCUT2D eigenvalue weighted by Gasteiger charge is -2.15. The molecule has 130 heavy (non-hydrogen) atoms. The first-order valence-corrected chi connectivity index (χ1v) is 52.7. The fraction of sp³-hybridized carbons (Fsp3) is 0.583. The summed E-state index contributed by atoms with van der Waals surface area (Å²) in [5.41, 5.74) is 7.81. The molecule has 0 fully saturated rings. The Labute approximate surface area is 790 Å². The molecule has 7 rings (SSSR count). The number of nitrogens with zero attached hydrogens (tertiary/aromatic N) is 2. The van der Waals surface area contributed by atoms with Crippen molar-refractivity contribution in [1.29, 1.82) is 0 Å². The zero-order valence-corrected chi connectivity index (χ0v) is 81.7. The van der Waals surface area contributed by atoms with Gasteiger partial charge in [0.15, 0.2) is 11.6 Å². The van der Waals surface area contributed by atoms with E-state index in [1.54, 1.807) is 24.8 Å². The number of hydrogen-bond donors (Lipinski definition) is 0. The largest absolute Gasteiger partial charge is 0.492 e. The minimum absolute atomic E-state index is 0.201. The number of hydrogen-bond acceptors (Lipinski definition) is 10. The van der Waals surface area contributed by atoms with Gasteiger partial charge >= 0.3 is 0 Å². The molecule has 0 aliphatic carbocycles. The summed E-state index contributed by atoms with van der Waals surface area (Å²) >= 11 is 0. The first kappa shape index (κ1) is 108. The Morgan fingerprint density at radius 2 is 0.377 bits per heavy atom. The van der Waals surface area contributed by atoms with Crippen LogP contribution in [0.15, 0.2) is 146 Å². The van der Waals surface area contributed by atoms with Gasteiger partial charge in [0.1, 0.15) is 34.5 Å². The van der Waals surface area contributed by atoms with Crippen molar-refractivity contribution < 1.29 is 38.0 Å². The molecule has 0 atom stereocenters. The van der Waals surface area contributed by atoms with E-state index < -0.39 is 0 Å². The fourth-order valence-corrected chi connectivity index (χ4v) is 16.6. The van der Waals surface area contributed by atoms with Gasteiger partial charge < -0.3 is 28.4 Å². The van der Waals surface area contributed by atoms with Crippen molar-refractivity contribution in [2.24, 2.45) is 0 Å². The van der Waals surface area contributed by atoms with E-state index in [0.29, 0.717) is 98.1 Å². The molecular weight excluding hydrogens is 1600 g/mol. The smallest absolute Gasteiger partial charge is 0.162 e. The molecule has 5 aromatic carbocycles. The van der Waals surface area contributed by atoms with Crippen LogP contribution in [0, 0.1) is 47.4 Å². The second-order valence-electron chi connectivity index (χ2n) is 36.3. The van der Waals surface area contributed by atoms with Crippen LogP contribution in [-0.2, 0) is 0 Å². The van der Waals surface area contributed by atoms with Crippen molar-refractivity contribution in [3.63, 3.8) is 0 Å². The van der Waals surface area contributed by atoms with Gasteiger partial charge in [0, 0.05) is 96.3 Å². The van der Waals surface area contributed by atoms with Crippen molar-refractivity contribution in [3.8, 4) is 81.9 Å². The highest BCUT2D eigenvalue weighted by Crippen LogP contribution is 2.35. The van der Waals surface area contributed by atoms with Crippen LogP contribution in [0.3, 0.4) is 0 Å². The molecule has 706 valence electrons. The third kappa shape index (κ3) is 50.4. The number of Topliss-reactive ketones (excluding diaryl/α,β-unsaturated/α-hetero) is 2. The SMILES string of the molecule is CCCCCCCCCCCCOc1cc(C#Cc2cc(OCCCCCCCCCCCC(=O)c3ccncc3)c(C#Cc3cc(OCCCCCCCCCCCC)c(C#Cc4ccccc4)cc3OCCCCCCCCCCCC)cc2OCCCCCCCCCCCC(=O)c2ccncc2)c(OCCCCCCCCCCCC)cc1C#Cc1ccccc1. The molecule has 2 heterocycles. The maximum absolute atomic E-state index is 12.8. The number of carbonyl (C=O) groups excluding carboxylic acids is 2. The maximum atomic E-state index is 12.8. The monoisotopic (exact) mass is 1770 g/mol. The van der Waals surface area contributed by atoms with Gasteiger partial charge in [-0.15, -0.1) is 0 Å². The van der Waals surface area contributed by atoms with E-state index in [-0.39, 0.29) is 11.6 Å². The number of ketones is 2. The summed E-state index contributed by atoms with van der Waals surface area (Å²) in [7, 11) is 0. The Bertz CT molecular complexity index is 4060. The standard InChI is InChI=1S/C120H168N2O8/c1-5-9-13-17-21-25-33-41-49-63-91-125-115-99-109(117(97-107(115)77-75-103-69-57-55-58-70-103)127-93-65-51-43-35-27-23-19-15-11-7-3)79-81-111-101-120(130-96-68-54-46-38-30-32-40-48-62-74-114(124)106-85-89-122-90-86-106)112(102-119(111)129-95-67-53-45-37-29-31-39-47-61-73-113(123)105-83-87-121-88-84-105)82-80-110-100-116(126-92-64-50-42-34-26-22-18-14-10-6-2)108(78-76-104-71-59-56-60-72-104)98-118(110)128-94-66-52-44-36-28-24-20-16-12-8-4/h55-60,69-72,83-90,97-102H,5-54,61-68,73-74,91-96H2,1-4H3. The summed E-state index contributed by atoms with van der Waals surface area (Å²) < 4.78 is 41.8. The quantitative estimate of drug-likeness (QED) is 0.0207. The number of ether oxygens (including phenoxy) is 6. The van der Waals surface area contributed by atoms with Gasteiger partial charge in [0.2, 0.25) is 0 Å². The summed E-state index contributed by atoms with van der Waals surface area (Å²) in [5, 5.41) is 0. The van der Waals surface area contributed by atoms with E-state index in [0.717, 1.165) is 199 Å². The van der Waals surface area contributed by atoms with E-state index in [9.17, 15) is 9.59 Å². The van der Waals surface area contributed by atoms with Gasteiger partial charge in [0.25, 0.3) is 0 Å². The van der Waals surface area contributed by atoms with Gasteiger partial charge in [-0.2, -0.15) is 0 Å². The summed E-state index contributed by atoms with van der Waals surface area (Å²) in [6.07, 6.45) is 76.7. The molecule has 0 aliphatic rings. The molecular formula is C120H168N2O8. The van der Waals surface area contributed by atoms with Crippen LogP contribution in [0.5, 0.6) is 34.5 Å². The second-order valence-corrected chi connectivity index (χ2v) is 36.3. The second kappa shape index (κ2) is 74.3. The number of pyridine rings is 2. The molecule has 0 radical (unpaired) electrons. The summed E-state index contributed by atoms with van der Waals surface area (Å²) in [6.45, 7) is 12.4. The van der Waals surface area contributed by atoms with E-state index in [2.05, 4.69) is 146 Å². The number of benzene rings is 5. The summed E-state index contributed by atoms with van der Waals surface area (Å²) in [5.74, 6) is 33.3. The zero-order valence-electron chi connectivity index (χ0n) is 81.7. The van der Waals surface area contributed by atoms with Gasteiger partial charge in [-0.3, -0.25) is 19.6 Å². The minimum Gasteiger partial charge on any atom is -0.492 e. The van der Waals surface area contributed by atoms with Crippen molar-refractivity contribution in [2.45, 2.75) is 413 Å². The average Bonchev–Trinajstić information content (AvgIpc) is 0.802. The maximum Gasteiger partial charge on any atom is 0.162 e. The first-order chi connectivity index (χ1) is 64.3. The topological polar surface area (TPSA) is 115 Å². The van der Waals surface area contributed by atoms with Crippen LogP contribution in [0.2, 0.25) is 0 Å². The highest BCUT2D eigenvalue weighted by molar-refractivity contribution is 5.96. The Balaban J connectivity index is 1.26. The van der Waals surface area contributed by atoms with Crippen LogP contribution in [-0.4, -0.2) is 61.2 Å². The molecule has 0 amide bonds. The van der Waals surface area contributed by atoms with Gasteiger partial charge in [0.05, 0.1) is 73.0 Å². The molecule has 0 spiro atoms. The van der Waals surface area contributed by atoms with Crippen LogP contribution in [0.1, 0.15) is 478 Å². The third-order valence-corrected chi connectivity index (χ3v) is 24.8. The van der Waals surface area contributed by atoms with Crippen LogP contribution in [0.4, 0.5) is 0 Å². The Kier molecular flexibility index (Phi) is 61.6. The lowest BCUT2D eigenvalue weighted by molar-refractivity contribution is 0.0971. The molecule has 0 saturated carbocycles. The average molecular weight is 1770 g/mol. The van der Waals surface area contributed by atoms with Gasteiger partial charge in [-0.05, 0) is 99.9 Å². The minimum atomic E-state index is 0.201. The Hall–Kier alpha value is -9.22. The Morgan fingerprint density at radius 1 is 0.208 bits per heavy atom. The lowest BCUT2D eigenvalue weighted by Crippen LogP contribution is -2.04. The van der Waals surface area contributed by atoms with Gasteiger partial charge in [-0.1, -0.05) is 432 Å². The van der Waals surface area contributed by atoms with Crippen molar-refractivity contribution >= 4 is 11.6 Å². The number of unbranched alkanes of at least 4 members (excludes halogenated alkanes) is 52. The molecule has 0 saturated heterocycles. The van der Waals surface area contributed by atoms with Gasteiger partial charge in [-0.25, -0.2) is 0 Å². The highest BCUT2D eigenvalue weighted by Gasteiger charge is 2.18. The zero-order chi connectivity index (χ0) is 91.3. The van der Waals surface area contributed by atoms with E-state index in [4.69, 9.17) is 28.4 Å². The van der Waals surface area contributed by atoms with E-state index >= 15 is 0 Å². The number of carbonyl (C=O) groups is 2. The molecule has 10 nitrogen and oxygen atoms in total. The number of aromatic nitrogens is 2. The normalized spacial score (nSPS) is 10.9. The molecule has 0 bridgehead atoms. The lowest BCUT2D eigenvalue weighted by atomic mass is 10.0. The van der Waals surface area contributed by atoms with Crippen LogP contribution >= 0.6 is 0 Å². The van der Waals surface area contributed by atoms with Crippen molar-refractivity contribution in [2.75, 3.05) is 39.6 Å². The molecule has 10 heteroatoms. The van der Waals surface area contributed by atoms with E-state index in [1.807, 2.05) is 60.7 Å². The fourth-order valence-electron chi connectivity index (χ4n) is 16.6. The summed E-state index contributed by atoms with van der Waals surface area (Å²) in [6, 6.07) is 40.1. The van der Waals surface area contributed by atoms with Crippen molar-refractivity contribution in [1.82, 2.24) is 9.97 Å². The molecule has 2 aromatic heterocycles. The van der Waals surface area contributed by atoms with Crippen molar-refractivity contribution in [3.05, 3.63) is 202 Å². The number of rotatable bonds is 76.